The summed E-state index contributed by atoms with van der Waals surface area (Å²) in [6.07, 6.45) is 1.79. The normalized spacial score (nSPS) is 10.2. The highest BCUT2D eigenvalue weighted by Crippen LogP contribution is 2.10. The van der Waals surface area contributed by atoms with Gasteiger partial charge in [0.2, 0.25) is 0 Å². The molecule has 5 heteroatoms. The van der Waals surface area contributed by atoms with Crippen LogP contribution in [0.5, 0.6) is 0 Å². The Bertz CT molecular complexity index is 486. The molecule has 0 amide bonds. The molecule has 1 aromatic heterocycles. The molecule has 1 heterocycles. The van der Waals surface area contributed by atoms with Gasteiger partial charge in [0.1, 0.15) is 11.6 Å². The summed E-state index contributed by atoms with van der Waals surface area (Å²) in [7, 11) is 0. The van der Waals surface area contributed by atoms with E-state index in [4.69, 9.17) is 10.4 Å². The van der Waals surface area contributed by atoms with E-state index in [1.807, 2.05) is 19.9 Å². The quantitative estimate of drug-likeness (QED) is 0.811. The van der Waals surface area contributed by atoms with Crippen molar-refractivity contribution in [2.75, 3.05) is 6.61 Å². The van der Waals surface area contributed by atoms with Crippen LogP contribution in [-0.4, -0.2) is 21.5 Å². The van der Waals surface area contributed by atoms with Crippen LogP contribution in [0, 0.1) is 11.3 Å². The number of rotatable bonds is 5. The van der Waals surface area contributed by atoms with Crippen molar-refractivity contribution in [1.82, 2.24) is 9.78 Å². The molecule has 0 aliphatic rings. The molecule has 0 aliphatic carbocycles. The summed E-state index contributed by atoms with van der Waals surface area (Å²) in [6, 6.07) is 1.97. The maximum Gasteiger partial charge on any atom is 0.284 e. The monoisotopic (exact) mass is 235 g/mol. The Balaban J connectivity index is 3.36. The molecule has 0 radical (unpaired) electrons. The van der Waals surface area contributed by atoms with Gasteiger partial charge in [0.05, 0.1) is 5.69 Å². The Morgan fingerprint density at radius 3 is 2.59 bits per heavy atom. The molecule has 0 aliphatic heterocycles. The summed E-state index contributed by atoms with van der Waals surface area (Å²) in [5.41, 5.74) is 1.38. The van der Waals surface area contributed by atoms with Crippen LogP contribution in [0.2, 0.25) is 0 Å². The van der Waals surface area contributed by atoms with E-state index < -0.39 is 0 Å². The minimum atomic E-state index is -0.352. The van der Waals surface area contributed by atoms with Gasteiger partial charge in [0, 0.05) is 13.2 Å². The highest BCUT2D eigenvalue weighted by atomic mass is 16.3. The minimum Gasteiger partial charge on any atom is -0.396 e. The fourth-order valence-electron chi connectivity index (χ4n) is 1.81. The molecule has 5 nitrogen and oxygen atoms in total. The first-order valence-electron chi connectivity index (χ1n) is 5.83. The Kier molecular flexibility index (Phi) is 4.85. The third-order valence-electron chi connectivity index (χ3n) is 2.67. The van der Waals surface area contributed by atoms with E-state index in [1.54, 1.807) is 0 Å². The number of aryl methyl sites for hydroxylation is 2. The van der Waals surface area contributed by atoms with Crippen molar-refractivity contribution >= 4 is 0 Å². The highest BCUT2D eigenvalue weighted by molar-refractivity contribution is 5.37. The zero-order chi connectivity index (χ0) is 12.8. The van der Waals surface area contributed by atoms with Crippen molar-refractivity contribution in [1.29, 1.82) is 5.26 Å². The SMILES string of the molecule is CCc1nn(CCCO)c(=O)c(C#N)c1CC. The first-order chi connectivity index (χ1) is 8.19. The van der Waals surface area contributed by atoms with Crippen LogP contribution < -0.4 is 5.56 Å². The third kappa shape index (κ3) is 2.71. The van der Waals surface area contributed by atoms with Crippen molar-refractivity contribution in [2.24, 2.45) is 0 Å². The molecule has 1 rings (SSSR count). The zero-order valence-corrected chi connectivity index (χ0v) is 10.2. The summed E-state index contributed by atoms with van der Waals surface area (Å²) in [5.74, 6) is 0. The molecule has 92 valence electrons. The second-order valence-corrected chi connectivity index (χ2v) is 3.72. The maximum absolute atomic E-state index is 12.0. The Hall–Kier alpha value is -1.67. The van der Waals surface area contributed by atoms with Crippen LogP contribution in [0.4, 0.5) is 0 Å². The number of aliphatic hydroxyl groups excluding tert-OH is 1. The van der Waals surface area contributed by atoms with Gasteiger partial charge in [-0.2, -0.15) is 10.4 Å². The lowest BCUT2D eigenvalue weighted by atomic mass is 10.0. The van der Waals surface area contributed by atoms with Gasteiger partial charge in [0.25, 0.3) is 5.56 Å². The smallest absolute Gasteiger partial charge is 0.284 e. The average molecular weight is 235 g/mol. The van der Waals surface area contributed by atoms with E-state index in [0.29, 0.717) is 25.8 Å². The standard InChI is InChI=1S/C12H17N3O2/c1-3-9-10(8-13)12(17)15(6-5-7-16)14-11(9)4-2/h16H,3-7H2,1-2H3. The van der Waals surface area contributed by atoms with Crippen molar-refractivity contribution in [2.45, 2.75) is 39.7 Å². The lowest BCUT2D eigenvalue weighted by Gasteiger charge is -2.11. The summed E-state index contributed by atoms with van der Waals surface area (Å²) in [4.78, 5) is 12.0. The van der Waals surface area contributed by atoms with E-state index in [9.17, 15) is 4.79 Å². The van der Waals surface area contributed by atoms with Crippen molar-refractivity contribution in [3.8, 4) is 6.07 Å². The molecule has 0 saturated heterocycles. The van der Waals surface area contributed by atoms with E-state index in [-0.39, 0.29) is 17.7 Å². The van der Waals surface area contributed by atoms with Gasteiger partial charge in [-0.1, -0.05) is 13.8 Å². The van der Waals surface area contributed by atoms with E-state index in [0.717, 1.165) is 11.3 Å². The van der Waals surface area contributed by atoms with E-state index in [1.165, 1.54) is 4.68 Å². The number of hydrogen-bond donors (Lipinski definition) is 1. The van der Waals surface area contributed by atoms with Crippen LogP contribution in [0.15, 0.2) is 4.79 Å². The first kappa shape index (κ1) is 13.4. The van der Waals surface area contributed by atoms with Crippen LogP contribution >= 0.6 is 0 Å². The van der Waals surface area contributed by atoms with Gasteiger partial charge in [-0.3, -0.25) is 4.79 Å². The summed E-state index contributed by atoms with van der Waals surface area (Å²) >= 11 is 0. The largest absolute Gasteiger partial charge is 0.396 e. The number of nitriles is 1. The molecule has 0 atom stereocenters. The molecule has 0 bridgehead atoms. The Morgan fingerprint density at radius 1 is 1.41 bits per heavy atom. The molecular formula is C12H17N3O2. The Labute approximate surface area is 100 Å². The van der Waals surface area contributed by atoms with Crippen LogP contribution in [0.3, 0.4) is 0 Å². The van der Waals surface area contributed by atoms with Crippen LogP contribution in [-0.2, 0) is 19.4 Å². The van der Waals surface area contributed by atoms with Gasteiger partial charge < -0.3 is 5.11 Å². The summed E-state index contributed by atoms with van der Waals surface area (Å²) < 4.78 is 1.28. The second kappa shape index (κ2) is 6.16. The minimum absolute atomic E-state index is 0.00694. The van der Waals surface area contributed by atoms with Crippen LogP contribution in [0.1, 0.15) is 37.1 Å². The Morgan fingerprint density at radius 2 is 2.12 bits per heavy atom. The van der Waals surface area contributed by atoms with E-state index >= 15 is 0 Å². The molecule has 0 aromatic carbocycles. The zero-order valence-electron chi connectivity index (χ0n) is 10.2. The van der Waals surface area contributed by atoms with Gasteiger partial charge >= 0.3 is 0 Å². The molecule has 1 N–H and O–H groups in total. The number of hydrogen-bond acceptors (Lipinski definition) is 4. The van der Waals surface area contributed by atoms with Gasteiger partial charge in [-0.15, -0.1) is 0 Å². The van der Waals surface area contributed by atoms with Crippen molar-refractivity contribution in [3.63, 3.8) is 0 Å². The second-order valence-electron chi connectivity index (χ2n) is 3.72. The fraction of sp³-hybridized carbons (Fsp3) is 0.583. The molecule has 0 fully saturated rings. The molecule has 1 aromatic rings. The molecule has 0 saturated carbocycles. The van der Waals surface area contributed by atoms with Crippen LogP contribution in [0.25, 0.3) is 0 Å². The summed E-state index contributed by atoms with van der Waals surface area (Å²) in [6.45, 7) is 4.21. The number of aliphatic hydroxyl groups is 1. The lowest BCUT2D eigenvalue weighted by molar-refractivity contribution is 0.275. The molecule has 0 unspecified atom stereocenters. The predicted octanol–water partition coefficient (Wildman–Crippen LogP) is 0.622. The first-order valence-corrected chi connectivity index (χ1v) is 5.83. The lowest BCUT2D eigenvalue weighted by Crippen LogP contribution is -2.29. The predicted molar refractivity (Wildman–Crippen MR) is 63.7 cm³/mol. The van der Waals surface area contributed by atoms with Crippen molar-refractivity contribution < 1.29 is 5.11 Å². The van der Waals surface area contributed by atoms with Gasteiger partial charge in [-0.25, -0.2) is 4.68 Å². The molecule has 0 spiro atoms. The average Bonchev–Trinajstić information content (AvgIpc) is 2.36. The summed E-state index contributed by atoms with van der Waals surface area (Å²) in [5, 5.41) is 22.1. The van der Waals surface area contributed by atoms with Gasteiger partial charge in [0.15, 0.2) is 0 Å². The molecular weight excluding hydrogens is 218 g/mol. The topological polar surface area (TPSA) is 78.9 Å². The maximum atomic E-state index is 12.0. The highest BCUT2D eigenvalue weighted by Gasteiger charge is 2.14. The fourth-order valence-corrected chi connectivity index (χ4v) is 1.81. The van der Waals surface area contributed by atoms with Crippen molar-refractivity contribution in [3.05, 3.63) is 27.2 Å². The molecule has 17 heavy (non-hydrogen) atoms. The third-order valence-corrected chi connectivity index (χ3v) is 2.67. The number of aromatic nitrogens is 2. The van der Waals surface area contributed by atoms with Gasteiger partial charge in [-0.05, 0) is 24.8 Å². The number of nitrogens with zero attached hydrogens (tertiary/aromatic N) is 3. The van der Waals surface area contributed by atoms with E-state index in [2.05, 4.69) is 5.10 Å².